The molecule has 0 spiro atoms. The van der Waals surface area contributed by atoms with Crippen LogP contribution >= 0.6 is 27.5 Å². The van der Waals surface area contributed by atoms with Crippen molar-refractivity contribution in [1.82, 2.24) is 5.32 Å². The zero-order chi connectivity index (χ0) is 13.5. The van der Waals surface area contributed by atoms with Crippen molar-refractivity contribution >= 4 is 45.0 Å². The predicted octanol–water partition coefficient (Wildman–Crippen LogP) is 2.34. The number of hydrogen-bond donors (Lipinski definition) is 1. The first-order chi connectivity index (χ1) is 8.31. The van der Waals surface area contributed by atoms with E-state index in [0.717, 1.165) is 0 Å². The van der Waals surface area contributed by atoms with Crippen LogP contribution in [-0.4, -0.2) is 23.9 Å². The van der Waals surface area contributed by atoms with Crippen LogP contribution in [0.15, 0.2) is 22.7 Å². The average Bonchev–Trinajstić information content (AvgIpc) is 2.23. The Kier molecular flexibility index (Phi) is 3.38. The Bertz CT molecular complexity index is 531. The van der Waals surface area contributed by atoms with Gasteiger partial charge in [-0.2, -0.15) is 0 Å². The number of rotatable bonds is 1. The van der Waals surface area contributed by atoms with Crippen LogP contribution < -0.4 is 10.2 Å². The summed E-state index contributed by atoms with van der Waals surface area (Å²) < 4.78 is 0.689. The van der Waals surface area contributed by atoms with Crippen molar-refractivity contribution < 1.29 is 9.59 Å². The minimum absolute atomic E-state index is 0.0164. The van der Waals surface area contributed by atoms with Gasteiger partial charge in [-0.25, -0.2) is 0 Å². The van der Waals surface area contributed by atoms with Gasteiger partial charge in [0.2, 0.25) is 5.91 Å². The first kappa shape index (κ1) is 13.4. The van der Waals surface area contributed by atoms with E-state index in [0.29, 0.717) is 15.2 Å². The van der Waals surface area contributed by atoms with Gasteiger partial charge in [0.15, 0.2) is 0 Å². The van der Waals surface area contributed by atoms with Crippen molar-refractivity contribution in [2.24, 2.45) is 0 Å². The number of halogens is 2. The zero-order valence-corrected chi connectivity index (χ0v) is 12.3. The van der Waals surface area contributed by atoms with Gasteiger partial charge in [0.05, 0.1) is 5.69 Å². The number of carbonyl (C=O) groups excluding carboxylic acids is 2. The maximum atomic E-state index is 12.3. The van der Waals surface area contributed by atoms with Crippen LogP contribution in [0.25, 0.3) is 0 Å². The Morgan fingerprint density at radius 1 is 1.39 bits per heavy atom. The second-order valence-corrected chi connectivity index (χ2v) is 5.95. The highest BCUT2D eigenvalue weighted by Crippen LogP contribution is 2.31. The maximum absolute atomic E-state index is 12.3. The fourth-order valence-electron chi connectivity index (χ4n) is 1.89. The van der Waals surface area contributed by atoms with Gasteiger partial charge in [0.25, 0.3) is 5.91 Å². The summed E-state index contributed by atoms with van der Waals surface area (Å²) in [5.74, 6) is -0.327. The summed E-state index contributed by atoms with van der Waals surface area (Å²) in [7, 11) is 0. The molecule has 0 unspecified atom stereocenters. The molecule has 1 heterocycles. The molecule has 2 rings (SSSR count). The molecule has 1 saturated heterocycles. The Morgan fingerprint density at radius 3 is 2.67 bits per heavy atom. The first-order valence-electron chi connectivity index (χ1n) is 5.39. The number of carbonyl (C=O) groups is 2. The highest BCUT2D eigenvalue weighted by Gasteiger charge is 2.40. The molecule has 6 heteroatoms. The van der Waals surface area contributed by atoms with E-state index in [1.54, 1.807) is 32.0 Å². The first-order valence-corrected chi connectivity index (χ1v) is 6.56. The molecule has 0 saturated carbocycles. The van der Waals surface area contributed by atoms with Gasteiger partial charge in [0, 0.05) is 9.50 Å². The number of hydrogen-bond acceptors (Lipinski definition) is 2. The molecule has 1 aliphatic heterocycles. The largest absolute Gasteiger partial charge is 0.341 e. The Labute approximate surface area is 118 Å². The van der Waals surface area contributed by atoms with E-state index in [2.05, 4.69) is 21.2 Å². The molecule has 2 amide bonds. The maximum Gasteiger partial charge on any atom is 0.252 e. The number of nitrogens with one attached hydrogen (secondary N) is 1. The van der Waals surface area contributed by atoms with E-state index in [4.69, 9.17) is 11.6 Å². The molecule has 0 atom stereocenters. The highest BCUT2D eigenvalue weighted by molar-refractivity contribution is 9.10. The van der Waals surface area contributed by atoms with Crippen molar-refractivity contribution in [1.29, 1.82) is 0 Å². The third-order valence-corrected chi connectivity index (χ3v) is 3.60. The van der Waals surface area contributed by atoms with E-state index in [9.17, 15) is 9.59 Å². The van der Waals surface area contributed by atoms with E-state index >= 15 is 0 Å². The highest BCUT2D eigenvalue weighted by atomic mass is 79.9. The molecule has 0 aliphatic carbocycles. The number of anilines is 1. The molecule has 1 aliphatic rings. The van der Waals surface area contributed by atoms with Crippen molar-refractivity contribution in [2.75, 3.05) is 11.4 Å². The Balaban J connectivity index is 2.43. The minimum atomic E-state index is -0.894. The number of piperazine rings is 1. The summed E-state index contributed by atoms with van der Waals surface area (Å²) in [6, 6.07) is 5.11. The minimum Gasteiger partial charge on any atom is -0.341 e. The van der Waals surface area contributed by atoms with E-state index < -0.39 is 5.54 Å². The van der Waals surface area contributed by atoms with Gasteiger partial charge in [-0.05, 0) is 48.0 Å². The van der Waals surface area contributed by atoms with E-state index in [1.165, 1.54) is 4.90 Å². The van der Waals surface area contributed by atoms with Crippen molar-refractivity contribution in [3.63, 3.8) is 0 Å². The Morgan fingerprint density at radius 2 is 2.06 bits per heavy atom. The summed E-state index contributed by atoms with van der Waals surface area (Å²) >= 11 is 9.22. The van der Waals surface area contributed by atoms with Gasteiger partial charge in [-0.15, -0.1) is 0 Å². The van der Waals surface area contributed by atoms with Gasteiger partial charge >= 0.3 is 0 Å². The fourth-order valence-corrected chi connectivity index (χ4v) is 2.79. The lowest BCUT2D eigenvalue weighted by Gasteiger charge is -2.37. The summed E-state index contributed by atoms with van der Waals surface area (Å²) in [5, 5.41) is 3.23. The number of benzene rings is 1. The van der Waals surface area contributed by atoms with Gasteiger partial charge < -0.3 is 5.32 Å². The molecular formula is C12H12BrClN2O2. The third kappa shape index (κ3) is 2.37. The van der Waals surface area contributed by atoms with Crippen molar-refractivity contribution in [3.05, 3.63) is 27.7 Å². The lowest BCUT2D eigenvalue weighted by molar-refractivity contribution is -0.134. The van der Waals surface area contributed by atoms with Crippen LogP contribution in [0.3, 0.4) is 0 Å². The molecule has 0 radical (unpaired) electrons. The average molecular weight is 332 g/mol. The van der Waals surface area contributed by atoms with Crippen LogP contribution in [0.5, 0.6) is 0 Å². The molecule has 96 valence electrons. The summed E-state index contributed by atoms with van der Waals surface area (Å²) in [4.78, 5) is 25.4. The van der Waals surface area contributed by atoms with Crippen LogP contribution in [0.4, 0.5) is 5.69 Å². The zero-order valence-electron chi connectivity index (χ0n) is 9.96. The molecule has 0 bridgehead atoms. The monoisotopic (exact) mass is 330 g/mol. The summed E-state index contributed by atoms with van der Waals surface area (Å²) in [5.41, 5.74) is -0.249. The quantitative estimate of drug-likeness (QED) is 0.859. The van der Waals surface area contributed by atoms with Crippen LogP contribution in [-0.2, 0) is 9.59 Å². The smallest absolute Gasteiger partial charge is 0.252 e. The standard InChI is InChI=1S/C12H12BrClN2O2/c1-12(2)11(18)16(6-10(17)15-12)9-4-3-7(14)5-8(9)13/h3-5H,6H2,1-2H3,(H,15,17). The molecule has 1 N–H and O–H groups in total. The van der Waals surface area contributed by atoms with Gasteiger partial charge in [0.1, 0.15) is 12.1 Å². The predicted molar refractivity (Wildman–Crippen MR) is 73.7 cm³/mol. The molecule has 1 aromatic rings. The molecule has 1 fully saturated rings. The van der Waals surface area contributed by atoms with Crippen molar-refractivity contribution in [2.45, 2.75) is 19.4 Å². The molecule has 4 nitrogen and oxygen atoms in total. The molecule has 18 heavy (non-hydrogen) atoms. The van der Waals surface area contributed by atoms with E-state index in [1.807, 2.05) is 0 Å². The summed E-state index contributed by atoms with van der Waals surface area (Å²) in [6.07, 6.45) is 0. The second kappa shape index (κ2) is 4.55. The summed E-state index contributed by atoms with van der Waals surface area (Å²) in [6.45, 7) is 3.38. The SMILES string of the molecule is CC1(C)NC(=O)CN(c2ccc(Cl)cc2Br)C1=O. The van der Waals surface area contributed by atoms with Crippen molar-refractivity contribution in [3.8, 4) is 0 Å². The number of amides is 2. The van der Waals surface area contributed by atoms with Gasteiger partial charge in [-0.1, -0.05) is 11.6 Å². The van der Waals surface area contributed by atoms with Gasteiger partial charge in [-0.3, -0.25) is 14.5 Å². The topological polar surface area (TPSA) is 49.4 Å². The number of nitrogens with zero attached hydrogens (tertiary/aromatic N) is 1. The third-order valence-electron chi connectivity index (χ3n) is 2.73. The van der Waals surface area contributed by atoms with E-state index in [-0.39, 0.29) is 18.4 Å². The molecule has 0 aromatic heterocycles. The molecule has 1 aromatic carbocycles. The Hall–Kier alpha value is -1.07. The lowest BCUT2D eigenvalue weighted by Crippen LogP contribution is -2.64. The normalized spacial score (nSPS) is 18.8. The van der Waals surface area contributed by atoms with Crippen LogP contribution in [0.2, 0.25) is 5.02 Å². The fraction of sp³-hybridized carbons (Fsp3) is 0.333. The second-order valence-electron chi connectivity index (χ2n) is 4.66. The lowest BCUT2D eigenvalue weighted by atomic mass is 10.00. The van der Waals surface area contributed by atoms with Crippen LogP contribution in [0, 0.1) is 0 Å². The van der Waals surface area contributed by atoms with Crippen LogP contribution in [0.1, 0.15) is 13.8 Å². The molecular weight excluding hydrogens is 320 g/mol.